The third kappa shape index (κ3) is 6.46. The molecule has 7 nitrogen and oxygen atoms in total. The second-order valence-corrected chi connectivity index (χ2v) is 12.7. The van der Waals surface area contributed by atoms with Crippen LogP contribution in [0.1, 0.15) is 47.8 Å². The fourth-order valence-corrected chi connectivity index (χ4v) is 6.51. The molecule has 0 bridgehead atoms. The molecule has 8 heteroatoms. The van der Waals surface area contributed by atoms with E-state index in [0.29, 0.717) is 18.5 Å². The van der Waals surface area contributed by atoms with Gasteiger partial charge in [-0.2, -0.15) is 0 Å². The van der Waals surface area contributed by atoms with Gasteiger partial charge in [0, 0.05) is 48.6 Å². The molecule has 1 aliphatic rings. The number of methoxy groups -OCH3 is 1. The van der Waals surface area contributed by atoms with Gasteiger partial charge in [0.05, 0.1) is 30.5 Å². The van der Waals surface area contributed by atoms with Gasteiger partial charge < -0.3 is 29.3 Å². The lowest BCUT2D eigenvalue weighted by molar-refractivity contribution is 0.0814. The van der Waals surface area contributed by atoms with Gasteiger partial charge in [-0.15, -0.1) is 0 Å². The van der Waals surface area contributed by atoms with E-state index in [-0.39, 0.29) is 5.91 Å². The average molecular weight is 587 g/mol. The van der Waals surface area contributed by atoms with Crippen molar-refractivity contribution in [2.75, 3.05) is 30.8 Å². The number of carbonyl (C=O) groups excluding carboxylic acids is 1. The number of ether oxygens (including phenoxy) is 1. The SMILES string of the molecule is CCc1cn2c3c(cc(C(=O)N[C@@H](Cc4ccccc4)[C@H](O)CNC(C)(C)c4cccc(OC)c4)cc13)N(C)SCC2. The zero-order chi connectivity index (χ0) is 29.9. The number of rotatable bonds is 11. The monoisotopic (exact) mass is 586 g/mol. The summed E-state index contributed by atoms with van der Waals surface area (Å²) in [5.41, 5.74) is 5.76. The quantitative estimate of drug-likeness (QED) is 0.201. The normalized spacial score (nSPS) is 14.9. The largest absolute Gasteiger partial charge is 0.497 e. The molecule has 0 saturated heterocycles. The average Bonchev–Trinajstić information content (AvgIpc) is 3.28. The molecule has 0 unspecified atom stereocenters. The molecule has 2 atom stereocenters. The maximum atomic E-state index is 13.9. The maximum Gasteiger partial charge on any atom is 0.251 e. The fourth-order valence-electron chi connectivity index (χ4n) is 5.68. The molecule has 0 radical (unpaired) electrons. The van der Waals surface area contributed by atoms with Crippen LogP contribution in [0.15, 0.2) is 72.9 Å². The van der Waals surface area contributed by atoms with E-state index in [2.05, 4.69) is 53.5 Å². The summed E-state index contributed by atoms with van der Waals surface area (Å²) in [7, 11) is 3.72. The highest BCUT2D eigenvalue weighted by molar-refractivity contribution is 8.00. The van der Waals surface area contributed by atoms with E-state index < -0.39 is 17.7 Å². The first-order valence-corrected chi connectivity index (χ1v) is 15.6. The van der Waals surface area contributed by atoms with E-state index in [9.17, 15) is 9.90 Å². The predicted octanol–water partition coefficient (Wildman–Crippen LogP) is 5.54. The third-order valence-electron chi connectivity index (χ3n) is 8.26. The Morgan fingerprint density at radius 1 is 1.12 bits per heavy atom. The van der Waals surface area contributed by atoms with Crippen LogP contribution in [0.2, 0.25) is 0 Å². The van der Waals surface area contributed by atoms with Crippen LogP contribution < -0.4 is 19.7 Å². The molecule has 1 aliphatic heterocycles. The van der Waals surface area contributed by atoms with Crippen molar-refractivity contribution in [3.05, 3.63) is 95.2 Å². The molecule has 2 heterocycles. The summed E-state index contributed by atoms with van der Waals surface area (Å²) >= 11 is 1.76. The molecule has 1 aromatic heterocycles. The number of hydrogen-bond donors (Lipinski definition) is 3. The molecule has 1 amide bonds. The van der Waals surface area contributed by atoms with Crippen molar-refractivity contribution in [1.29, 1.82) is 0 Å². The summed E-state index contributed by atoms with van der Waals surface area (Å²) in [6, 6.07) is 21.4. The number of amides is 1. The lowest BCUT2D eigenvalue weighted by Crippen LogP contribution is -2.51. The van der Waals surface area contributed by atoms with E-state index in [1.54, 1.807) is 19.1 Å². The van der Waals surface area contributed by atoms with Gasteiger partial charge in [-0.25, -0.2) is 0 Å². The molecular weight excluding hydrogens is 544 g/mol. The summed E-state index contributed by atoms with van der Waals surface area (Å²) in [4.78, 5) is 13.9. The van der Waals surface area contributed by atoms with Gasteiger partial charge >= 0.3 is 0 Å². The first-order valence-electron chi connectivity index (χ1n) is 14.6. The molecule has 0 fully saturated rings. The molecule has 0 saturated carbocycles. The summed E-state index contributed by atoms with van der Waals surface area (Å²) in [6.45, 7) is 7.55. The van der Waals surface area contributed by atoms with Gasteiger partial charge in [0.2, 0.25) is 0 Å². The Morgan fingerprint density at radius 2 is 1.90 bits per heavy atom. The van der Waals surface area contributed by atoms with Crippen LogP contribution in [0.5, 0.6) is 5.75 Å². The Balaban J connectivity index is 1.40. The Hall–Kier alpha value is -3.46. The number of carbonyl (C=O) groups is 1. The maximum absolute atomic E-state index is 13.9. The molecule has 3 aromatic carbocycles. The van der Waals surface area contributed by atoms with E-state index >= 15 is 0 Å². The van der Waals surface area contributed by atoms with Gasteiger partial charge in [-0.3, -0.25) is 4.79 Å². The van der Waals surface area contributed by atoms with Crippen LogP contribution in [-0.2, 0) is 24.9 Å². The minimum atomic E-state index is -0.824. The number of aryl methyl sites for hydroxylation is 2. The minimum Gasteiger partial charge on any atom is -0.497 e. The minimum absolute atomic E-state index is 0.183. The van der Waals surface area contributed by atoms with Crippen molar-refractivity contribution in [1.82, 2.24) is 15.2 Å². The van der Waals surface area contributed by atoms with Crippen molar-refractivity contribution < 1.29 is 14.6 Å². The number of aliphatic hydroxyl groups excluding tert-OH is 1. The third-order valence-corrected chi connectivity index (χ3v) is 9.21. The highest BCUT2D eigenvalue weighted by atomic mass is 32.2. The lowest BCUT2D eigenvalue weighted by atomic mass is 9.93. The molecule has 3 N–H and O–H groups in total. The van der Waals surface area contributed by atoms with Crippen LogP contribution in [0.4, 0.5) is 5.69 Å². The zero-order valence-electron chi connectivity index (χ0n) is 25.2. The molecule has 4 aromatic rings. The van der Waals surface area contributed by atoms with Gasteiger partial charge in [0.25, 0.3) is 5.91 Å². The highest BCUT2D eigenvalue weighted by Gasteiger charge is 2.28. The van der Waals surface area contributed by atoms with Crippen LogP contribution in [0.25, 0.3) is 10.9 Å². The standard InChI is InChI=1S/C34H42N4O3S/c1-6-24-22-38-15-16-42-37(4)30-19-25(18-28(24)32(30)38)33(40)36-29(17-23-11-8-7-9-12-23)31(39)21-35-34(2,3)26-13-10-14-27(20-26)41-5/h7-14,18-20,22,29,31,35,39H,6,15-17,21H2,1-5H3,(H,36,40)/t29-,31+/m0/s1. The van der Waals surface area contributed by atoms with Crippen molar-refractivity contribution in [3.63, 3.8) is 0 Å². The van der Waals surface area contributed by atoms with Crippen LogP contribution in [-0.4, -0.2) is 54.2 Å². The number of benzene rings is 3. The van der Waals surface area contributed by atoms with Gasteiger partial charge in [-0.1, -0.05) is 49.4 Å². The number of anilines is 1. The van der Waals surface area contributed by atoms with Gasteiger partial charge in [-0.05, 0) is 79.6 Å². The molecule has 222 valence electrons. The second-order valence-electron chi connectivity index (χ2n) is 11.5. The van der Waals surface area contributed by atoms with Crippen molar-refractivity contribution in [2.45, 2.75) is 57.8 Å². The smallest absolute Gasteiger partial charge is 0.251 e. The van der Waals surface area contributed by atoms with Crippen molar-refractivity contribution in [2.24, 2.45) is 0 Å². The number of aliphatic hydroxyl groups is 1. The lowest BCUT2D eigenvalue weighted by Gasteiger charge is -2.31. The summed E-state index contributed by atoms with van der Waals surface area (Å²) in [6.07, 6.45) is 2.81. The van der Waals surface area contributed by atoms with Crippen LogP contribution >= 0.6 is 11.9 Å². The number of nitrogens with zero attached hydrogens (tertiary/aromatic N) is 2. The van der Waals surface area contributed by atoms with E-state index in [4.69, 9.17) is 4.74 Å². The molecule has 0 spiro atoms. The summed E-state index contributed by atoms with van der Waals surface area (Å²) in [5.74, 6) is 1.58. The summed E-state index contributed by atoms with van der Waals surface area (Å²) in [5, 5.41) is 19.3. The Kier molecular flexibility index (Phi) is 9.16. The van der Waals surface area contributed by atoms with Crippen LogP contribution in [0.3, 0.4) is 0 Å². The van der Waals surface area contributed by atoms with E-state index in [1.165, 1.54) is 11.1 Å². The van der Waals surface area contributed by atoms with Crippen LogP contribution in [0, 0.1) is 0 Å². The number of aromatic nitrogens is 1. The van der Waals surface area contributed by atoms with E-state index in [0.717, 1.165) is 46.7 Å². The summed E-state index contributed by atoms with van der Waals surface area (Å²) < 4.78 is 9.90. The van der Waals surface area contributed by atoms with Gasteiger partial charge in [0.15, 0.2) is 0 Å². The molecule has 42 heavy (non-hydrogen) atoms. The molecule has 0 aliphatic carbocycles. The Morgan fingerprint density at radius 3 is 2.64 bits per heavy atom. The number of nitrogens with one attached hydrogen (secondary N) is 2. The molecule has 5 rings (SSSR count). The van der Waals surface area contributed by atoms with E-state index in [1.807, 2.05) is 66.7 Å². The number of hydrogen-bond acceptors (Lipinski definition) is 6. The zero-order valence-corrected chi connectivity index (χ0v) is 26.0. The Bertz CT molecular complexity index is 1530. The second kappa shape index (κ2) is 12.8. The first-order chi connectivity index (χ1) is 20.2. The van der Waals surface area contributed by atoms with Gasteiger partial charge in [0.1, 0.15) is 5.75 Å². The van der Waals surface area contributed by atoms with Crippen molar-refractivity contribution in [3.8, 4) is 5.75 Å². The highest BCUT2D eigenvalue weighted by Crippen LogP contribution is 2.37. The Labute approximate surface area is 253 Å². The predicted molar refractivity (Wildman–Crippen MR) is 174 cm³/mol. The topological polar surface area (TPSA) is 78.8 Å². The molecular formula is C34H42N4O3S. The first kappa shape index (κ1) is 30.0. The van der Waals surface area contributed by atoms with Crippen molar-refractivity contribution >= 4 is 34.4 Å². The fraction of sp³-hybridized carbons (Fsp3) is 0.382.